The topological polar surface area (TPSA) is 125 Å². The second-order valence-electron chi connectivity index (χ2n) is 4.18. The first-order valence-corrected chi connectivity index (χ1v) is 7.26. The summed E-state index contributed by atoms with van der Waals surface area (Å²) in [6.07, 6.45) is 0. The third-order valence-corrected chi connectivity index (χ3v) is 4.00. The van der Waals surface area contributed by atoms with Crippen molar-refractivity contribution in [2.45, 2.75) is 11.8 Å². The van der Waals surface area contributed by atoms with E-state index >= 15 is 0 Å². The SMILES string of the molecule is COC(=O)c1ccc(S(=O)(=O)Nc2cc(C)no2)c(N)c1. The van der Waals surface area contributed by atoms with Crippen molar-refractivity contribution in [1.29, 1.82) is 0 Å². The van der Waals surface area contributed by atoms with E-state index in [1.807, 2.05) is 0 Å². The van der Waals surface area contributed by atoms with Crippen molar-refractivity contribution in [3.8, 4) is 0 Å². The lowest BCUT2D eigenvalue weighted by molar-refractivity contribution is 0.0600. The summed E-state index contributed by atoms with van der Waals surface area (Å²) in [5.41, 5.74) is 6.29. The number of nitrogens with two attached hydrogens (primary N) is 1. The molecule has 0 atom stereocenters. The van der Waals surface area contributed by atoms with Crippen LogP contribution >= 0.6 is 0 Å². The maximum atomic E-state index is 12.2. The molecule has 9 heteroatoms. The van der Waals surface area contributed by atoms with Crippen LogP contribution in [0, 0.1) is 6.92 Å². The molecule has 1 aromatic carbocycles. The van der Waals surface area contributed by atoms with Gasteiger partial charge in [-0.15, -0.1) is 0 Å². The largest absolute Gasteiger partial charge is 0.465 e. The van der Waals surface area contributed by atoms with Crippen molar-refractivity contribution in [3.63, 3.8) is 0 Å². The van der Waals surface area contributed by atoms with Crippen LogP contribution < -0.4 is 10.5 Å². The quantitative estimate of drug-likeness (QED) is 0.641. The molecule has 0 aliphatic carbocycles. The number of hydrogen-bond acceptors (Lipinski definition) is 7. The molecule has 8 nitrogen and oxygen atoms in total. The van der Waals surface area contributed by atoms with Gasteiger partial charge >= 0.3 is 5.97 Å². The highest BCUT2D eigenvalue weighted by molar-refractivity contribution is 7.92. The Labute approximate surface area is 120 Å². The van der Waals surface area contributed by atoms with Crippen LogP contribution in [0.25, 0.3) is 0 Å². The lowest BCUT2D eigenvalue weighted by atomic mass is 10.2. The average molecular weight is 311 g/mol. The van der Waals surface area contributed by atoms with Crippen molar-refractivity contribution in [2.24, 2.45) is 0 Å². The Bertz CT molecular complexity index is 782. The highest BCUT2D eigenvalue weighted by Crippen LogP contribution is 2.23. The standard InChI is InChI=1S/C12H13N3O5S/c1-7-5-11(20-14-7)15-21(17,18)10-4-3-8(6-9(10)13)12(16)19-2/h3-6,15H,13H2,1-2H3. The van der Waals surface area contributed by atoms with Gasteiger partial charge in [0.2, 0.25) is 5.88 Å². The Hall–Kier alpha value is -2.55. The first-order valence-electron chi connectivity index (χ1n) is 5.77. The minimum atomic E-state index is -3.94. The zero-order valence-electron chi connectivity index (χ0n) is 11.3. The fourth-order valence-electron chi connectivity index (χ4n) is 1.64. The van der Waals surface area contributed by atoms with Gasteiger partial charge < -0.3 is 15.0 Å². The van der Waals surface area contributed by atoms with Gasteiger partial charge in [0.1, 0.15) is 4.90 Å². The third kappa shape index (κ3) is 3.14. The Morgan fingerprint density at radius 2 is 2.10 bits per heavy atom. The van der Waals surface area contributed by atoms with E-state index in [2.05, 4.69) is 14.6 Å². The number of aryl methyl sites for hydroxylation is 1. The molecule has 2 rings (SSSR count). The summed E-state index contributed by atoms with van der Waals surface area (Å²) in [6, 6.07) is 5.18. The van der Waals surface area contributed by atoms with Gasteiger partial charge in [0.15, 0.2) is 0 Å². The fraction of sp³-hybridized carbons (Fsp3) is 0.167. The predicted molar refractivity (Wildman–Crippen MR) is 74.2 cm³/mol. The van der Waals surface area contributed by atoms with Crippen LogP contribution in [-0.4, -0.2) is 26.7 Å². The molecule has 0 radical (unpaired) electrons. The molecule has 0 saturated carbocycles. The molecule has 21 heavy (non-hydrogen) atoms. The number of nitrogens with one attached hydrogen (secondary N) is 1. The minimum absolute atomic E-state index is 0.0241. The molecule has 1 aromatic heterocycles. The van der Waals surface area contributed by atoms with E-state index < -0.39 is 16.0 Å². The minimum Gasteiger partial charge on any atom is -0.465 e. The van der Waals surface area contributed by atoms with Crippen molar-refractivity contribution in [2.75, 3.05) is 17.6 Å². The number of carbonyl (C=O) groups excluding carboxylic acids is 1. The second kappa shape index (κ2) is 5.44. The number of aromatic nitrogens is 1. The van der Waals surface area contributed by atoms with E-state index in [4.69, 9.17) is 10.3 Å². The molecule has 112 valence electrons. The lowest BCUT2D eigenvalue weighted by Gasteiger charge is -2.08. The van der Waals surface area contributed by atoms with E-state index in [9.17, 15) is 13.2 Å². The average Bonchev–Trinajstić information content (AvgIpc) is 2.81. The van der Waals surface area contributed by atoms with E-state index in [1.54, 1.807) is 6.92 Å². The fourth-order valence-corrected chi connectivity index (χ4v) is 2.72. The van der Waals surface area contributed by atoms with Gasteiger partial charge in [-0.2, -0.15) is 0 Å². The zero-order chi connectivity index (χ0) is 15.6. The summed E-state index contributed by atoms with van der Waals surface area (Å²) in [4.78, 5) is 11.2. The Morgan fingerprint density at radius 3 is 2.62 bits per heavy atom. The Kier molecular flexibility index (Phi) is 3.85. The van der Waals surface area contributed by atoms with Gasteiger partial charge in [0.25, 0.3) is 10.0 Å². The molecule has 0 bridgehead atoms. The van der Waals surface area contributed by atoms with Crippen LogP contribution in [0.2, 0.25) is 0 Å². The van der Waals surface area contributed by atoms with Crippen LogP contribution in [0.5, 0.6) is 0 Å². The molecule has 0 fully saturated rings. The number of carbonyl (C=O) groups is 1. The number of benzene rings is 1. The van der Waals surface area contributed by atoms with Gasteiger partial charge in [-0.1, -0.05) is 5.16 Å². The van der Waals surface area contributed by atoms with Crippen LogP contribution in [0.1, 0.15) is 16.1 Å². The van der Waals surface area contributed by atoms with Gasteiger partial charge in [-0.3, -0.25) is 0 Å². The Balaban J connectivity index is 2.34. The molecule has 2 aromatic rings. The molecule has 0 aliphatic heterocycles. The molecule has 1 heterocycles. The zero-order valence-corrected chi connectivity index (χ0v) is 12.1. The van der Waals surface area contributed by atoms with Crippen molar-refractivity contribution >= 4 is 27.6 Å². The molecule has 0 amide bonds. The van der Waals surface area contributed by atoms with Gasteiger partial charge in [-0.05, 0) is 25.1 Å². The van der Waals surface area contributed by atoms with E-state index in [0.717, 1.165) is 0 Å². The van der Waals surface area contributed by atoms with E-state index in [1.165, 1.54) is 31.4 Å². The normalized spacial score (nSPS) is 11.1. The lowest BCUT2D eigenvalue weighted by Crippen LogP contribution is -2.15. The van der Waals surface area contributed by atoms with Crippen LogP contribution in [0.4, 0.5) is 11.6 Å². The van der Waals surface area contributed by atoms with Gasteiger partial charge in [0, 0.05) is 6.07 Å². The smallest absolute Gasteiger partial charge is 0.337 e. The summed E-state index contributed by atoms with van der Waals surface area (Å²) in [5, 5.41) is 3.57. The first-order chi connectivity index (χ1) is 9.83. The number of hydrogen-bond donors (Lipinski definition) is 2. The number of anilines is 2. The number of ether oxygens (including phenoxy) is 1. The number of sulfonamides is 1. The van der Waals surface area contributed by atoms with Crippen LogP contribution in [-0.2, 0) is 14.8 Å². The summed E-state index contributed by atoms with van der Waals surface area (Å²) >= 11 is 0. The molecular formula is C12H13N3O5S. The van der Waals surface area contributed by atoms with Crippen molar-refractivity contribution < 1.29 is 22.5 Å². The molecular weight excluding hydrogens is 298 g/mol. The van der Waals surface area contributed by atoms with Gasteiger partial charge in [-0.25, -0.2) is 17.9 Å². The highest BCUT2D eigenvalue weighted by atomic mass is 32.2. The summed E-state index contributed by atoms with van der Waals surface area (Å²) < 4.78 is 35.9. The second-order valence-corrected chi connectivity index (χ2v) is 5.83. The van der Waals surface area contributed by atoms with Crippen LogP contribution in [0.3, 0.4) is 0 Å². The van der Waals surface area contributed by atoms with E-state index in [-0.39, 0.29) is 22.0 Å². The highest BCUT2D eigenvalue weighted by Gasteiger charge is 2.21. The van der Waals surface area contributed by atoms with Crippen molar-refractivity contribution in [3.05, 3.63) is 35.5 Å². The van der Waals surface area contributed by atoms with Crippen molar-refractivity contribution in [1.82, 2.24) is 5.16 Å². The number of esters is 1. The maximum absolute atomic E-state index is 12.2. The first kappa shape index (κ1) is 14.9. The van der Waals surface area contributed by atoms with Gasteiger partial charge in [0.05, 0.1) is 24.1 Å². The summed E-state index contributed by atoms with van der Waals surface area (Å²) in [6.45, 7) is 1.65. The molecule has 0 spiro atoms. The molecule has 0 aliphatic rings. The Morgan fingerprint density at radius 1 is 1.38 bits per heavy atom. The number of nitrogen functional groups attached to an aromatic ring is 1. The molecule has 0 unspecified atom stereocenters. The summed E-state index contributed by atoms with van der Waals surface area (Å²) in [7, 11) is -2.72. The molecule has 0 saturated heterocycles. The van der Waals surface area contributed by atoms with E-state index in [0.29, 0.717) is 5.69 Å². The monoisotopic (exact) mass is 311 g/mol. The maximum Gasteiger partial charge on any atom is 0.337 e. The predicted octanol–water partition coefficient (Wildman–Crippen LogP) is 1.15. The number of rotatable bonds is 4. The third-order valence-electron chi connectivity index (χ3n) is 2.58. The number of methoxy groups -OCH3 is 1. The number of nitrogens with zero attached hydrogens (tertiary/aromatic N) is 1. The summed E-state index contributed by atoms with van der Waals surface area (Å²) in [5.74, 6) is -0.631. The molecule has 3 N–H and O–H groups in total. The van der Waals surface area contributed by atoms with Crippen LogP contribution in [0.15, 0.2) is 33.7 Å².